The smallest absolute Gasteiger partial charge is 0.264 e. The number of nitrogens with zero attached hydrogens (tertiary/aromatic N) is 2. The lowest BCUT2D eigenvalue weighted by atomic mass is 10.0. The van der Waals surface area contributed by atoms with Crippen LogP contribution in [-0.2, 0) is 32.6 Å². The monoisotopic (exact) mass is 729 g/mol. The highest BCUT2D eigenvalue weighted by Gasteiger charge is 2.35. The summed E-state index contributed by atoms with van der Waals surface area (Å²) in [4.78, 5) is 29.9. The third-order valence-corrected chi connectivity index (χ3v) is 10.3. The number of para-hydroxylation sites is 2. The number of rotatable bonds is 16. The number of anilines is 1. The van der Waals surface area contributed by atoms with Crippen LogP contribution in [0.25, 0.3) is 0 Å². The van der Waals surface area contributed by atoms with Crippen LogP contribution in [0.4, 0.5) is 5.69 Å². The minimum Gasteiger partial charge on any atom is -0.492 e. The molecular formula is C36H38Cl3N3O5S. The molecule has 0 aliphatic carbocycles. The summed E-state index contributed by atoms with van der Waals surface area (Å²) < 4.78 is 35.4. The lowest BCUT2D eigenvalue weighted by molar-refractivity contribution is -0.140. The molecule has 2 amide bonds. The molecule has 1 N–H and O–H groups in total. The lowest BCUT2D eigenvalue weighted by Gasteiger charge is -2.34. The third-order valence-electron chi connectivity index (χ3n) is 7.55. The number of hydrogen-bond donors (Lipinski definition) is 1. The fraction of sp³-hybridized carbons (Fsp3) is 0.278. The summed E-state index contributed by atoms with van der Waals surface area (Å²) in [5.41, 5.74) is 1.61. The first-order valence-electron chi connectivity index (χ1n) is 15.6. The van der Waals surface area contributed by atoms with Gasteiger partial charge in [-0.25, -0.2) is 8.42 Å². The van der Waals surface area contributed by atoms with Crippen LogP contribution in [0.1, 0.15) is 37.8 Å². The molecule has 0 radical (unpaired) electrons. The lowest BCUT2D eigenvalue weighted by Crippen LogP contribution is -2.53. The van der Waals surface area contributed by atoms with Gasteiger partial charge in [0, 0.05) is 24.5 Å². The van der Waals surface area contributed by atoms with Gasteiger partial charge in [0.2, 0.25) is 11.8 Å². The van der Waals surface area contributed by atoms with E-state index in [1.54, 1.807) is 49.4 Å². The first-order valence-corrected chi connectivity index (χ1v) is 18.2. The largest absolute Gasteiger partial charge is 0.492 e. The number of sulfonamides is 1. The van der Waals surface area contributed by atoms with Gasteiger partial charge in [0.1, 0.15) is 18.3 Å². The van der Waals surface area contributed by atoms with E-state index in [4.69, 9.17) is 39.5 Å². The molecule has 8 nitrogen and oxygen atoms in total. The third kappa shape index (κ3) is 9.66. The Kier molecular flexibility index (Phi) is 13.6. The molecule has 0 heterocycles. The molecule has 0 saturated carbocycles. The molecule has 12 heteroatoms. The van der Waals surface area contributed by atoms with Crippen molar-refractivity contribution in [2.45, 2.75) is 50.6 Å². The van der Waals surface area contributed by atoms with E-state index >= 15 is 0 Å². The number of nitrogens with one attached hydrogen (secondary N) is 1. The molecule has 1 atom stereocenters. The fourth-order valence-electron chi connectivity index (χ4n) is 5.08. The summed E-state index contributed by atoms with van der Waals surface area (Å²) in [7, 11) is -4.34. The minimum absolute atomic E-state index is 0.0453. The maximum atomic E-state index is 14.7. The molecule has 0 aliphatic rings. The van der Waals surface area contributed by atoms with Gasteiger partial charge in [0.15, 0.2) is 0 Å². The topological polar surface area (TPSA) is 96.0 Å². The van der Waals surface area contributed by atoms with E-state index in [1.807, 2.05) is 37.3 Å². The van der Waals surface area contributed by atoms with Gasteiger partial charge in [-0.2, -0.15) is 0 Å². The Hall–Kier alpha value is -3.76. The van der Waals surface area contributed by atoms with Crippen molar-refractivity contribution in [1.82, 2.24) is 10.2 Å². The van der Waals surface area contributed by atoms with Gasteiger partial charge in [-0.05, 0) is 73.0 Å². The molecule has 0 saturated heterocycles. The predicted molar refractivity (Wildman–Crippen MR) is 192 cm³/mol. The molecule has 0 spiro atoms. The number of hydrogen-bond acceptors (Lipinski definition) is 5. The SMILES string of the molecule is CCCCNC(=O)[C@@H](Cc1ccccc1)N(Cc1ccc(Cl)c(Cl)c1)C(=O)CN(c1ccccc1OCC)S(=O)(=O)c1ccc(Cl)cc1. The second-order valence-corrected chi connectivity index (χ2v) is 14.1. The fourth-order valence-corrected chi connectivity index (χ4v) is 6.95. The average molecular weight is 731 g/mol. The van der Waals surface area contributed by atoms with Crippen LogP contribution in [0, 0.1) is 0 Å². The second kappa shape index (κ2) is 17.6. The summed E-state index contributed by atoms with van der Waals surface area (Å²) >= 11 is 18.6. The van der Waals surface area contributed by atoms with Crippen LogP contribution in [0.5, 0.6) is 5.75 Å². The van der Waals surface area contributed by atoms with Crippen LogP contribution in [-0.4, -0.2) is 50.9 Å². The zero-order chi connectivity index (χ0) is 34.7. The second-order valence-electron chi connectivity index (χ2n) is 11.0. The van der Waals surface area contributed by atoms with Crippen molar-refractivity contribution in [2.75, 3.05) is 24.0 Å². The van der Waals surface area contributed by atoms with E-state index in [0.29, 0.717) is 22.2 Å². The van der Waals surface area contributed by atoms with E-state index in [-0.39, 0.29) is 46.8 Å². The van der Waals surface area contributed by atoms with Gasteiger partial charge in [-0.1, -0.05) is 96.7 Å². The maximum absolute atomic E-state index is 14.7. The Morgan fingerprint density at radius 1 is 0.833 bits per heavy atom. The Bertz CT molecular complexity index is 1790. The van der Waals surface area contributed by atoms with Crippen molar-refractivity contribution in [3.05, 3.63) is 123 Å². The normalized spacial score (nSPS) is 11.9. The molecule has 0 bridgehead atoms. The first-order chi connectivity index (χ1) is 23.0. The Labute approximate surface area is 297 Å². The number of ether oxygens (including phenoxy) is 1. The summed E-state index contributed by atoms with van der Waals surface area (Å²) in [6, 6.07) is 25.6. The summed E-state index contributed by atoms with van der Waals surface area (Å²) in [6.45, 7) is 3.81. The number of halogens is 3. The molecular weight excluding hydrogens is 693 g/mol. The van der Waals surface area contributed by atoms with E-state index < -0.39 is 28.5 Å². The highest BCUT2D eigenvalue weighted by molar-refractivity contribution is 7.92. The zero-order valence-corrected chi connectivity index (χ0v) is 29.8. The zero-order valence-electron chi connectivity index (χ0n) is 26.7. The number of carbonyl (C=O) groups excluding carboxylic acids is 2. The molecule has 4 aromatic carbocycles. The minimum atomic E-state index is -4.34. The summed E-state index contributed by atoms with van der Waals surface area (Å²) in [5, 5.41) is 3.95. The first kappa shape index (κ1) is 37.1. The Balaban J connectivity index is 1.84. The van der Waals surface area contributed by atoms with Crippen molar-refractivity contribution in [1.29, 1.82) is 0 Å². The molecule has 0 aromatic heterocycles. The van der Waals surface area contributed by atoms with Crippen molar-refractivity contribution in [2.24, 2.45) is 0 Å². The Morgan fingerprint density at radius 2 is 1.52 bits per heavy atom. The highest BCUT2D eigenvalue weighted by Crippen LogP contribution is 2.33. The molecule has 4 rings (SSSR count). The molecule has 0 aliphatic heterocycles. The summed E-state index contributed by atoms with van der Waals surface area (Å²) in [5.74, 6) is -0.696. The molecule has 254 valence electrons. The van der Waals surface area contributed by atoms with E-state index in [9.17, 15) is 18.0 Å². The van der Waals surface area contributed by atoms with Gasteiger partial charge < -0.3 is 15.0 Å². The molecule has 0 fully saturated rings. The van der Waals surface area contributed by atoms with E-state index in [0.717, 1.165) is 22.7 Å². The molecule has 4 aromatic rings. The van der Waals surface area contributed by atoms with Crippen LogP contribution in [0.3, 0.4) is 0 Å². The van der Waals surface area contributed by atoms with Gasteiger partial charge in [0.05, 0.1) is 27.2 Å². The average Bonchev–Trinajstić information content (AvgIpc) is 3.08. The number of benzene rings is 4. The van der Waals surface area contributed by atoms with E-state index in [2.05, 4.69) is 5.32 Å². The maximum Gasteiger partial charge on any atom is 0.264 e. The molecule has 48 heavy (non-hydrogen) atoms. The summed E-state index contributed by atoms with van der Waals surface area (Å²) in [6.07, 6.45) is 1.81. The van der Waals surface area contributed by atoms with Crippen molar-refractivity contribution < 1.29 is 22.7 Å². The standard InChI is InChI=1S/C36H38Cl3N3O5S/c1-3-5-21-40-36(44)33(23-26-11-7-6-8-12-26)41(24-27-15-20-30(38)31(39)22-27)35(43)25-42(32-13-9-10-14-34(32)47-4-2)48(45,46)29-18-16-28(37)17-19-29/h6-20,22,33H,3-5,21,23-25H2,1-2H3,(H,40,44)/t33-/m1/s1. The van der Waals surface area contributed by atoms with Gasteiger partial charge in [-0.15, -0.1) is 0 Å². The van der Waals surface area contributed by atoms with Gasteiger partial charge in [0.25, 0.3) is 10.0 Å². The van der Waals surface area contributed by atoms with Gasteiger partial charge in [-0.3, -0.25) is 13.9 Å². The molecule has 0 unspecified atom stereocenters. The van der Waals surface area contributed by atoms with Crippen molar-refractivity contribution >= 4 is 62.3 Å². The van der Waals surface area contributed by atoms with E-state index in [1.165, 1.54) is 29.2 Å². The number of carbonyl (C=O) groups is 2. The number of unbranched alkanes of at least 4 members (excludes halogenated alkanes) is 1. The quantitative estimate of drug-likeness (QED) is 0.119. The van der Waals surface area contributed by atoms with Crippen LogP contribution >= 0.6 is 34.8 Å². The van der Waals surface area contributed by atoms with Crippen LogP contribution in [0.2, 0.25) is 15.1 Å². The van der Waals surface area contributed by atoms with Crippen molar-refractivity contribution in [3.63, 3.8) is 0 Å². The van der Waals surface area contributed by atoms with Crippen molar-refractivity contribution in [3.8, 4) is 5.75 Å². The van der Waals surface area contributed by atoms with Crippen LogP contribution in [0.15, 0.2) is 102 Å². The predicted octanol–water partition coefficient (Wildman–Crippen LogP) is 7.80. The Morgan fingerprint density at radius 3 is 2.19 bits per heavy atom. The van der Waals surface area contributed by atoms with Crippen LogP contribution < -0.4 is 14.4 Å². The number of amides is 2. The van der Waals surface area contributed by atoms with Gasteiger partial charge >= 0.3 is 0 Å². The highest BCUT2D eigenvalue weighted by atomic mass is 35.5.